The van der Waals surface area contributed by atoms with E-state index in [2.05, 4.69) is 5.32 Å². The fourth-order valence-corrected chi connectivity index (χ4v) is 1.60. The summed E-state index contributed by atoms with van der Waals surface area (Å²) in [5.41, 5.74) is -1.30. The Balaban J connectivity index is 2.76. The number of nitrogens with zero attached hydrogens (tertiary/aromatic N) is 1. The van der Waals surface area contributed by atoms with Gasteiger partial charge in [0.25, 0.3) is 0 Å². The monoisotopic (exact) mass is 288 g/mol. The van der Waals surface area contributed by atoms with Gasteiger partial charge >= 0.3 is 5.69 Å². The molecule has 0 aromatic heterocycles. The van der Waals surface area contributed by atoms with Gasteiger partial charge in [-0.25, -0.2) is 0 Å². The summed E-state index contributed by atoms with van der Waals surface area (Å²) in [4.78, 5) is 10.3. The number of rotatable bonds is 7. The second kappa shape index (κ2) is 6.70. The fraction of sp³-hybridized carbons (Fsp3) is 0.500. The predicted molar refractivity (Wildman–Crippen MR) is 72.8 cm³/mol. The Morgan fingerprint density at radius 3 is 2.84 bits per heavy atom. The van der Waals surface area contributed by atoms with Crippen LogP contribution in [0, 0.1) is 10.1 Å². The molecule has 0 saturated heterocycles. The van der Waals surface area contributed by atoms with E-state index in [0.29, 0.717) is 18.1 Å². The van der Waals surface area contributed by atoms with Gasteiger partial charge in [-0.3, -0.25) is 10.1 Å². The molecule has 1 unspecified atom stereocenters. The van der Waals surface area contributed by atoms with E-state index < -0.39 is 10.5 Å². The number of aliphatic hydroxyl groups is 1. The number of halogens is 1. The molecule has 1 aromatic carbocycles. The third-order valence-electron chi connectivity index (χ3n) is 2.41. The van der Waals surface area contributed by atoms with Gasteiger partial charge in [0.15, 0.2) is 5.75 Å². The van der Waals surface area contributed by atoms with Crippen LogP contribution in [0.5, 0.6) is 5.75 Å². The average molecular weight is 289 g/mol. The minimum atomic E-state index is -1.12. The number of nitrogens with one attached hydrogen (secondary N) is 1. The first-order chi connectivity index (χ1) is 8.85. The topological polar surface area (TPSA) is 84.6 Å². The number of nitro benzene ring substituents is 1. The highest BCUT2D eigenvalue weighted by molar-refractivity contribution is 6.30. The quantitative estimate of drug-likeness (QED) is 0.592. The highest BCUT2D eigenvalue weighted by atomic mass is 35.5. The van der Waals surface area contributed by atoms with Crippen molar-refractivity contribution in [1.29, 1.82) is 0 Å². The molecule has 0 aliphatic rings. The summed E-state index contributed by atoms with van der Waals surface area (Å²) < 4.78 is 5.33. The van der Waals surface area contributed by atoms with Crippen LogP contribution in [0.15, 0.2) is 18.2 Å². The molecule has 0 saturated carbocycles. The number of likely N-dealkylation sites (N-methyl/N-ethyl adjacent to an activating group) is 1. The van der Waals surface area contributed by atoms with E-state index in [0.717, 1.165) is 0 Å². The molecule has 1 aromatic rings. The highest BCUT2D eigenvalue weighted by Crippen LogP contribution is 2.30. The molecule has 19 heavy (non-hydrogen) atoms. The van der Waals surface area contributed by atoms with Gasteiger partial charge in [0.1, 0.15) is 12.2 Å². The maximum Gasteiger partial charge on any atom is 0.311 e. The fourth-order valence-electron chi connectivity index (χ4n) is 1.43. The van der Waals surface area contributed by atoms with E-state index in [1.54, 1.807) is 6.92 Å². The maximum absolute atomic E-state index is 10.8. The summed E-state index contributed by atoms with van der Waals surface area (Å²) >= 11 is 5.78. The van der Waals surface area contributed by atoms with Crippen LogP contribution in [0.1, 0.15) is 13.8 Å². The Morgan fingerprint density at radius 1 is 1.58 bits per heavy atom. The van der Waals surface area contributed by atoms with Gasteiger partial charge in [-0.1, -0.05) is 18.5 Å². The van der Waals surface area contributed by atoms with Gasteiger partial charge in [-0.05, 0) is 19.5 Å². The van der Waals surface area contributed by atoms with Gasteiger partial charge in [-0.15, -0.1) is 0 Å². The van der Waals surface area contributed by atoms with Crippen LogP contribution >= 0.6 is 11.6 Å². The lowest BCUT2D eigenvalue weighted by Crippen LogP contribution is -2.42. The summed E-state index contributed by atoms with van der Waals surface area (Å²) in [5, 5.41) is 24.2. The minimum absolute atomic E-state index is 0.0503. The van der Waals surface area contributed by atoms with Crippen molar-refractivity contribution in [1.82, 2.24) is 5.32 Å². The van der Waals surface area contributed by atoms with E-state index in [1.165, 1.54) is 18.2 Å². The molecule has 0 aliphatic carbocycles. The zero-order valence-corrected chi connectivity index (χ0v) is 11.6. The number of nitro groups is 1. The third-order valence-corrected chi connectivity index (χ3v) is 2.65. The van der Waals surface area contributed by atoms with E-state index in [1.807, 2.05) is 6.92 Å². The van der Waals surface area contributed by atoms with Crippen molar-refractivity contribution in [2.75, 3.05) is 19.7 Å². The lowest BCUT2D eigenvalue weighted by atomic mass is 10.1. The molecule has 106 valence electrons. The molecule has 2 N–H and O–H groups in total. The molecule has 0 amide bonds. The number of ether oxygens (including phenoxy) is 1. The average Bonchev–Trinajstić information content (AvgIpc) is 2.34. The highest BCUT2D eigenvalue weighted by Gasteiger charge is 2.23. The Hall–Kier alpha value is -1.37. The minimum Gasteiger partial charge on any atom is -0.484 e. The molecule has 0 heterocycles. The Bertz CT molecular complexity index is 451. The summed E-state index contributed by atoms with van der Waals surface area (Å²) in [6, 6.07) is 4.06. The van der Waals surface area contributed by atoms with Crippen molar-refractivity contribution in [3.05, 3.63) is 33.3 Å². The van der Waals surface area contributed by atoms with Crippen LogP contribution in [0.2, 0.25) is 5.02 Å². The van der Waals surface area contributed by atoms with Crippen molar-refractivity contribution >= 4 is 17.3 Å². The molecule has 0 fully saturated rings. The zero-order valence-electron chi connectivity index (χ0n) is 10.9. The molecule has 1 atom stereocenters. The number of hydrogen-bond donors (Lipinski definition) is 2. The van der Waals surface area contributed by atoms with Crippen molar-refractivity contribution in [3.8, 4) is 5.75 Å². The molecule has 6 nitrogen and oxygen atoms in total. The lowest BCUT2D eigenvalue weighted by Gasteiger charge is -2.23. The predicted octanol–water partition coefficient (Wildman–Crippen LogP) is 1.99. The third kappa shape index (κ3) is 5.02. The summed E-state index contributed by atoms with van der Waals surface area (Å²) in [7, 11) is 0. The number of benzene rings is 1. The Kier molecular flexibility index (Phi) is 5.53. The smallest absolute Gasteiger partial charge is 0.311 e. The molecular formula is C12H17ClN2O4. The van der Waals surface area contributed by atoms with E-state index in [9.17, 15) is 15.2 Å². The van der Waals surface area contributed by atoms with Crippen LogP contribution in [-0.2, 0) is 0 Å². The maximum atomic E-state index is 10.8. The lowest BCUT2D eigenvalue weighted by molar-refractivity contribution is -0.386. The van der Waals surface area contributed by atoms with Crippen LogP contribution in [0.4, 0.5) is 5.69 Å². The van der Waals surface area contributed by atoms with Crippen molar-refractivity contribution in [2.24, 2.45) is 0 Å². The van der Waals surface area contributed by atoms with Gasteiger partial charge in [-0.2, -0.15) is 0 Å². The van der Waals surface area contributed by atoms with E-state index >= 15 is 0 Å². The molecule has 0 radical (unpaired) electrons. The first-order valence-corrected chi connectivity index (χ1v) is 6.23. The molecule has 1 rings (SSSR count). The molecule has 0 spiro atoms. The van der Waals surface area contributed by atoms with E-state index in [-0.39, 0.29) is 18.0 Å². The largest absolute Gasteiger partial charge is 0.484 e. The van der Waals surface area contributed by atoms with Gasteiger partial charge in [0, 0.05) is 23.7 Å². The normalized spacial score (nSPS) is 13.9. The van der Waals surface area contributed by atoms with Gasteiger partial charge in [0.05, 0.1) is 4.92 Å². The number of hydrogen-bond acceptors (Lipinski definition) is 5. The van der Waals surface area contributed by atoms with Crippen LogP contribution in [0.25, 0.3) is 0 Å². The van der Waals surface area contributed by atoms with E-state index in [4.69, 9.17) is 16.3 Å². The molecule has 0 bridgehead atoms. The molecule has 7 heteroatoms. The second-order valence-corrected chi connectivity index (χ2v) is 4.87. The second-order valence-electron chi connectivity index (χ2n) is 4.44. The summed E-state index contributed by atoms with van der Waals surface area (Å²) in [5.74, 6) is 0.0503. The van der Waals surface area contributed by atoms with Crippen LogP contribution < -0.4 is 10.1 Å². The van der Waals surface area contributed by atoms with Crippen molar-refractivity contribution in [2.45, 2.75) is 19.4 Å². The Labute approximate surface area is 116 Å². The van der Waals surface area contributed by atoms with Gasteiger partial charge < -0.3 is 15.2 Å². The molecule has 0 aliphatic heterocycles. The first-order valence-electron chi connectivity index (χ1n) is 5.85. The van der Waals surface area contributed by atoms with Crippen molar-refractivity contribution < 1.29 is 14.8 Å². The Morgan fingerprint density at radius 2 is 2.26 bits per heavy atom. The van der Waals surface area contributed by atoms with Crippen LogP contribution in [-0.4, -0.2) is 35.3 Å². The van der Waals surface area contributed by atoms with Gasteiger partial charge in [0.2, 0.25) is 0 Å². The molecular weight excluding hydrogens is 272 g/mol. The van der Waals surface area contributed by atoms with Crippen molar-refractivity contribution in [3.63, 3.8) is 0 Å². The zero-order chi connectivity index (χ0) is 14.5. The summed E-state index contributed by atoms with van der Waals surface area (Å²) in [6.07, 6.45) is 0. The van der Waals surface area contributed by atoms with Crippen LogP contribution in [0.3, 0.4) is 0 Å². The first kappa shape index (κ1) is 15.7. The summed E-state index contributed by atoms with van der Waals surface area (Å²) in [6.45, 7) is 4.48. The standard InChI is InChI=1S/C12H17ClN2O4/c1-3-14-7-12(2,16)8-19-11-6-9(13)4-5-10(11)15(17)18/h4-6,14,16H,3,7-8H2,1-2H3. The SMILES string of the molecule is CCNCC(C)(O)COc1cc(Cl)ccc1[N+](=O)[O-].